The number of benzene rings is 1. The van der Waals surface area contributed by atoms with Gasteiger partial charge in [0.05, 0.1) is 6.54 Å². The van der Waals surface area contributed by atoms with E-state index in [0.29, 0.717) is 17.1 Å². The molecular weight excluding hydrogens is 328 g/mol. The maximum absolute atomic E-state index is 11.8. The Bertz CT molecular complexity index is 857. The lowest BCUT2D eigenvalue weighted by molar-refractivity contribution is -0.124. The number of carbonyl (C=O) groups is 2. The topological polar surface area (TPSA) is 101 Å². The summed E-state index contributed by atoms with van der Waals surface area (Å²) < 4.78 is 1.66. The maximum Gasteiger partial charge on any atom is 0.243 e. The molecule has 0 bridgehead atoms. The van der Waals surface area contributed by atoms with Crippen LogP contribution in [0.3, 0.4) is 0 Å². The predicted octanol–water partition coefficient (Wildman–Crippen LogP) is 1.18. The molecule has 9 heteroatoms. The summed E-state index contributed by atoms with van der Waals surface area (Å²) in [6, 6.07) is 9.10. The van der Waals surface area contributed by atoms with Crippen molar-refractivity contribution in [1.29, 1.82) is 0 Å². The molecule has 0 atom stereocenters. The number of hydrogen-bond acceptors (Lipinski definition) is 6. The van der Waals surface area contributed by atoms with Crippen molar-refractivity contribution in [2.75, 3.05) is 11.9 Å². The number of aromatic nitrogens is 4. The highest BCUT2D eigenvalue weighted by molar-refractivity contribution is 7.16. The number of para-hydroxylation sites is 1. The minimum Gasteiger partial charge on any atom is -0.347 e. The van der Waals surface area contributed by atoms with Crippen molar-refractivity contribution in [3.05, 3.63) is 41.2 Å². The lowest BCUT2D eigenvalue weighted by Crippen LogP contribution is -2.32. The number of aryl methyl sites for hydroxylation is 2. The minimum atomic E-state index is -0.260. The number of nitrogens with one attached hydrogen (secondary N) is 2. The molecule has 0 unspecified atom stereocenters. The fraction of sp³-hybridized carbons (Fsp3) is 0.267. The number of nitrogens with zero attached hydrogens (tertiary/aromatic N) is 4. The van der Waals surface area contributed by atoms with Gasteiger partial charge >= 0.3 is 0 Å². The molecule has 2 aromatic heterocycles. The van der Waals surface area contributed by atoms with Gasteiger partial charge in [-0.05, 0) is 19.1 Å². The molecule has 124 valence electrons. The fourth-order valence-electron chi connectivity index (χ4n) is 2.07. The normalized spacial score (nSPS) is 10.7. The van der Waals surface area contributed by atoms with Gasteiger partial charge in [0.15, 0.2) is 5.82 Å². The van der Waals surface area contributed by atoms with Gasteiger partial charge in [-0.3, -0.25) is 9.59 Å². The molecule has 2 N–H and O–H groups in total. The van der Waals surface area contributed by atoms with E-state index in [1.165, 1.54) is 11.3 Å². The molecule has 24 heavy (non-hydrogen) atoms. The van der Waals surface area contributed by atoms with Gasteiger partial charge in [-0.25, -0.2) is 0 Å². The van der Waals surface area contributed by atoms with Crippen LogP contribution in [0.5, 0.6) is 0 Å². The van der Waals surface area contributed by atoms with E-state index in [-0.39, 0.29) is 24.8 Å². The second-order valence-electron chi connectivity index (χ2n) is 5.13. The van der Waals surface area contributed by atoms with Crippen molar-refractivity contribution in [2.45, 2.75) is 19.8 Å². The van der Waals surface area contributed by atoms with Crippen LogP contribution in [-0.4, -0.2) is 38.2 Å². The Morgan fingerprint density at radius 2 is 1.96 bits per heavy atom. The van der Waals surface area contributed by atoms with Crippen molar-refractivity contribution in [1.82, 2.24) is 25.1 Å². The zero-order valence-electron chi connectivity index (χ0n) is 13.0. The lowest BCUT2D eigenvalue weighted by atomic mass is 10.3. The Balaban J connectivity index is 1.43. The summed E-state index contributed by atoms with van der Waals surface area (Å²) in [5.74, 6) is 0.263. The summed E-state index contributed by atoms with van der Waals surface area (Å²) in [4.78, 5) is 24.3. The van der Waals surface area contributed by atoms with Crippen molar-refractivity contribution in [3.8, 4) is 0 Å². The van der Waals surface area contributed by atoms with Crippen LogP contribution in [0.1, 0.15) is 17.3 Å². The Labute approximate surface area is 141 Å². The van der Waals surface area contributed by atoms with Gasteiger partial charge in [-0.15, -0.1) is 10.2 Å². The monoisotopic (exact) mass is 344 g/mol. The maximum atomic E-state index is 11.8. The Kier molecular flexibility index (Phi) is 4.80. The van der Waals surface area contributed by atoms with Crippen LogP contribution in [0.2, 0.25) is 0 Å². The number of fused-ring (bicyclic) bond motifs is 1. The third kappa shape index (κ3) is 3.93. The molecule has 3 aromatic rings. The van der Waals surface area contributed by atoms with Crippen molar-refractivity contribution < 1.29 is 9.59 Å². The van der Waals surface area contributed by atoms with Crippen LogP contribution < -0.4 is 10.6 Å². The van der Waals surface area contributed by atoms with Crippen LogP contribution >= 0.6 is 11.3 Å². The van der Waals surface area contributed by atoms with Gasteiger partial charge in [-0.1, -0.05) is 29.5 Å². The molecule has 2 amide bonds. The van der Waals surface area contributed by atoms with Crippen molar-refractivity contribution in [3.63, 3.8) is 0 Å². The Morgan fingerprint density at radius 1 is 1.17 bits per heavy atom. The summed E-state index contributed by atoms with van der Waals surface area (Å²) in [7, 11) is 0. The van der Waals surface area contributed by atoms with E-state index >= 15 is 0 Å². The largest absolute Gasteiger partial charge is 0.347 e. The highest BCUT2D eigenvalue weighted by Crippen LogP contribution is 2.14. The number of rotatable bonds is 6. The van der Waals surface area contributed by atoms with Crippen molar-refractivity contribution >= 4 is 33.8 Å². The molecule has 0 spiro atoms. The molecule has 0 aliphatic heterocycles. The number of amides is 2. The first-order chi connectivity index (χ1) is 11.6. The average Bonchev–Trinajstić information content (AvgIpc) is 3.14. The fourth-order valence-corrected chi connectivity index (χ4v) is 2.95. The molecule has 1 aromatic carbocycles. The minimum absolute atomic E-state index is 0.0576. The third-order valence-corrected chi connectivity index (χ3v) is 4.22. The van der Waals surface area contributed by atoms with Gasteiger partial charge in [0.1, 0.15) is 5.01 Å². The first-order valence-corrected chi connectivity index (χ1v) is 8.23. The molecule has 0 aliphatic rings. The summed E-state index contributed by atoms with van der Waals surface area (Å²) in [5.41, 5.74) is 0.701. The smallest absolute Gasteiger partial charge is 0.243 e. The second-order valence-corrected chi connectivity index (χ2v) is 6.17. The molecule has 8 nitrogen and oxygen atoms in total. The average molecular weight is 344 g/mol. The zero-order valence-corrected chi connectivity index (χ0v) is 13.8. The van der Waals surface area contributed by atoms with E-state index < -0.39 is 0 Å². The summed E-state index contributed by atoms with van der Waals surface area (Å²) >= 11 is 1.41. The lowest BCUT2D eigenvalue weighted by Gasteiger charge is -2.06. The van der Waals surface area contributed by atoms with Gasteiger partial charge < -0.3 is 10.6 Å². The first-order valence-electron chi connectivity index (χ1n) is 7.41. The molecule has 0 fully saturated rings. The van der Waals surface area contributed by atoms with E-state index in [4.69, 9.17) is 0 Å². The van der Waals surface area contributed by atoms with Crippen LogP contribution in [0, 0.1) is 6.92 Å². The highest BCUT2D eigenvalue weighted by atomic mass is 32.1. The third-order valence-electron chi connectivity index (χ3n) is 3.26. The second kappa shape index (κ2) is 7.18. The van der Waals surface area contributed by atoms with E-state index in [1.807, 2.05) is 25.1 Å². The molecular formula is C15H16N6O2S. The molecule has 0 radical (unpaired) electrons. The Morgan fingerprint density at radius 3 is 2.71 bits per heavy atom. The SMILES string of the molecule is Cc1nnc2sc(CCC(=O)NCC(=O)Nc3ccccc3)nn12. The molecule has 0 saturated heterocycles. The number of hydrogen-bond donors (Lipinski definition) is 2. The van der Waals surface area contributed by atoms with Crippen LogP contribution in [0.15, 0.2) is 30.3 Å². The standard InChI is InChI=1S/C15H16N6O2S/c1-10-18-19-15-21(10)20-14(24-15)8-7-12(22)16-9-13(23)17-11-5-3-2-4-6-11/h2-6H,7-9H2,1H3,(H,16,22)(H,17,23). The summed E-state index contributed by atoms with van der Waals surface area (Å²) in [6.45, 7) is 1.76. The summed E-state index contributed by atoms with van der Waals surface area (Å²) in [6.07, 6.45) is 0.765. The highest BCUT2D eigenvalue weighted by Gasteiger charge is 2.11. The quantitative estimate of drug-likeness (QED) is 0.699. The van der Waals surface area contributed by atoms with Crippen LogP contribution in [0.4, 0.5) is 5.69 Å². The first kappa shape index (κ1) is 16.1. The van der Waals surface area contributed by atoms with E-state index in [2.05, 4.69) is 25.9 Å². The molecule has 3 rings (SSSR count). The van der Waals surface area contributed by atoms with E-state index in [0.717, 1.165) is 10.8 Å². The van der Waals surface area contributed by atoms with Crippen molar-refractivity contribution in [2.24, 2.45) is 0 Å². The zero-order chi connectivity index (χ0) is 16.9. The van der Waals surface area contributed by atoms with Crippen LogP contribution in [-0.2, 0) is 16.0 Å². The summed E-state index contributed by atoms with van der Waals surface area (Å²) in [5, 5.41) is 18.4. The molecule has 0 saturated carbocycles. The van der Waals surface area contributed by atoms with Gasteiger partial charge in [0.2, 0.25) is 16.8 Å². The van der Waals surface area contributed by atoms with Gasteiger partial charge in [0, 0.05) is 18.5 Å². The van der Waals surface area contributed by atoms with Crippen LogP contribution in [0.25, 0.3) is 4.96 Å². The number of carbonyl (C=O) groups excluding carboxylic acids is 2. The van der Waals surface area contributed by atoms with E-state index in [1.54, 1.807) is 16.6 Å². The van der Waals surface area contributed by atoms with Gasteiger partial charge in [0.25, 0.3) is 0 Å². The number of anilines is 1. The molecule has 0 aliphatic carbocycles. The Hall–Kier alpha value is -2.81. The van der Waals surface area contributed by atoms with E-state index in [9.17, 15) is 9.59 Å². The van der Waals surface area contributed by atoms with Gasteiger partial charge in [-0.2, -0.15) is 9.61 Å². The molecule has 2 heterocycles. The predicted molar refractivity (Wildman–Crippen MR) is 89.8 cm³/mol.